The molecular formula is C13H25NO4. The second-order valence-electron chi connectivity index (χ2n) is 3.86. The van der Waals surface area contributed by atoms with Crippen LogP contribution in [0.15, 0.2) is 0 Å². The van der Waals surface area contributed by atoms with Gasteiger partial charge in [-0.15, -0.1) is 6.42 Å². The number of ether oxygens (including phenoxy) is 4. The summed E-state index contributed by atoms with van der Waals surface area (Å²) >= 11 is 0. The van der Waals surface area contributed by atoms with E-state index in [0.717, 1.165) is 6.42 Å². The van der Waals surface area contributed by atoms with Gasteiger partial charge in [0.1, 0.15) is 6.61 Å². The van der Waals surface area contributed by atoms with Gasteiger partial charge in [-0.1, -0.05) is 5.92 Å². The van der Waals surface area contributed by atoms with E-state index in [4.69, 9.17) is 31.1 Å². The normalized spacial score (nSPS) is 12.3. The molecule has 0 spiro atoms. The molecule has 5 heteroatoms. The number of hydrogen-bond donors (Lipinski definition) is 1. The average molecular weight is 259 g/mol. The minimum Gasteiger partial charge on any atom is -0.379 e. The molecule has 0 fully saturated rings. The Balaban J connectivity index is 2.93. The number of terminal acetylenes is 1. The maximum atomic E-state index is 5.58. The highest BCUT2D eigenvalue weighted by atomic mass is 16.6. The largest absolute Gasteiger partial charge is 0.379 e. The summed E-state index contributed by atoms with van der Waals surface area (Å²) in [5.41, 5.74) is 5.58. The van der Waals surface area contributed by atoms with Crippen molar-refractivity contribution in [1.82, 2.24) is 0 Å². The monoisotopic (exact) mass is 259 g/mol. The molecule has 18 heavy (non-hydrogen) atoms. The second kappa shape index (κ2) is 14.4. The fraction of sp³-hybridized carbons (Fsp3) is 0.846. The lowest BCUT2D eigenvalue weighted by molar-refractivity contribution is 0.000751. The van der Waals surface area contributed by atoms with Gasteiger partial charge >= 0.3 is 0 Å². The Bertz CT molecular complexity index is 204. The minimum absolute atomic E-state index is 0.191. The van der Waals surface area contributed by atoms with Crippen molar-refractivity contribution in [1.29, 1.82) is 0 Å². The van der Waals surface area contributed by atoms with Gasteiger partial charge in [0.2, 0.25) is 0 Å². The zero-order valence-electron chi connectivity index (χ0n) is 11.2. The molecule has 0 aromatic heterocycles. The van der Waals surface area contributed by atoms with Gasteiger partial charge in [0, 0.05) is 12.6 Å². The minimum atomic E-state index is 0.191. The first kappa shape index (κ1) is 17.4. The van der Waals surface area contributed by atoms with Gasteiger partial charge in [-0.25, -0.2) is 0 Å². The first-order valence-corrected chi connectivity index (χ1v) is 6.27. The van der Waals surface area contributed by atoms with E-state index in [1.807, 2.05) is 6.92 Å². The third-order valence-corrected chi connectivity index (χ3v) is 2.02. The Morgan fingerprint density at radius 2 is 1.33 bits per heavy atom. The van der Waals surface area contributed by atoms with Crippen molar-refractivity contribution in [2.24, 2.45) is 5.73 Å². The Kier molecular flexibility index (Phi) is 13.9. The highest BCUT2D eigenvalue weighted by Crippen LogP contribution is 1.88. The van der Waals surface area contributed by atoms with E-state index >= 15 is 0 Å². The van der Waals surface area contributed by atoms with Gasteiger partial charge in [-0.2, -0.15) is 0 Å². The van der Waals surface area contributed by atoms with Crippen molar-refractivity contribution in [3.05, 3.63) is 0 Å². The molecule has 0 heterocycles. The van der Waals surface area contributed by atoms with Crippen LogP contribution in [-0.2, 0) is 18.9 Å². The molecule has 1 unspecified atom stereocenters. The molecule has 0 aliphatic rings. The van der Waals surface area contributed by atoms with Crippen LogP contribution in [0.4, 0.5) is 0 Å². The quantitative estimate of drug-likeness (QED) is 0.384. The molecule has 0 rings (SSSR count). The molecule has 0 saturated carbocycles. The average Bonchev–Trinajstić information content (AvgIpc) is 2.34. The smallest absolute Gasteiger partial charge is 0.107 e. The number of nitrogens with two attached hydrogens (primary N) is 1. The Labute approximate surface area is 110 Å². The van der Waals surface area contributed by atoms with Crippen LogP contribution in [0.5, 0.6) is 0 Å². The van der Waals surface area contributed by atoms with Crippen LogP contribution >= 0.6 is 0 Å². The molecule has 2 N–H and O–H groups in total. The van der Waals surface area contributed by atoms with Crippen LogP contribution in [0.3, 0.4) is 0 Å². The standard InChI is InChI=1S/C13H25NO4/c1-3-5-15-7-9-17-11-12-18-10-8-16-6-4-13(2)14/h1,13H,4-12,14H2,2H3. The number of rotatable bonds is 13. The first-order valence-electron chi connectivity index (χ1n) is 6.27. The van der Waals surface area contributed by atoms with Gasteiger partial charge in [0.05, 0.1) is 39.6 Å². The van der Waals surface area contributed by atoms with E-state index in [9.17, 15) is 0 Å². The fourth-order valence-electron chi connectivity index (χ4n) is 1.06. The molecule has 106 valence electrons. The SMILES string of the molecule is C#CCOCCOCCOCCOCCC(C)N. The van der Waals surface area contributed by atoms with Crippen LogP contribution < -0.4 is 5.73 Å². The van der Waals surface area contributed by atoms with Gasteiger partial charge < -0.3 is 24.7 Å². The summed E-state index contributed by atoms with van der Waals surface area (Å²) in [6.45, 7) is 6.33. The molecule has 0 bridgehead atoms. The van der Waals surface area contributed by atoms with Gasteiger partial charge in [0.15, 0.2) is 0 Å². The molecule has 0 aromatic rings. The maximum absolute atomic E-state index is 5.58. The topological polar surface area (TPSA) is 62.9 Å². The third kappa shape index (κ3) is 15.4. The van der Waals surface area contributed by atoms with E-state index in [-0.39, 0.29) is 6.04 Å². The summed E-state index contributed by atoms with van der Waals surface area (Å²) in [6, 6.07) is 0.191. The van der Waals surface area contributed by atoms with E-state index in [1.54, 1.807) is 0 Å². The van der Waals surface area contributed by atoms with E-state index in [0.29, 0.717) is 52.9 Å². The molecule has 0 aromatic carbocycles. The molecule has 5 nitrogen and oxygen atoms in total. The molecule has 0 amide bonds. The predicted octanol–water partition coefficient (Wildman–Crippen LogP) is 0.423. The lowest BCUT2D eigenvalue weighted by atomic mass is 10.3. The van der Waals surface area contributed by atoms with Crippen molar-refractivity contribution in [3.8, 4) is 12.3 Å². The lowest BCUT2D eigenvalue weighted by Crippen LogP contribution is -2.18. The first-order chi connectivity index (χ1) is 8.77. The Hall–Kier alpha value is -0.640. The molecular weight excluding hydrogens is 234 g/mol. The lowest BCUT2D eigenvalue weighted by Gasteiger charge is -2.07. The van der Waals surface area contributed by atoms with Crippen molar-refractivity contribution in [3.63, 3.8) is 0 Å². The highest BCUT2D eigenvalue weighted by molar-refractivity contribution is 4.82. The van der Waals surface area contributed by atoms with E-state index in [1.165, 1.54) is 0 Å². The Morgan fingerprint density at radius 1 is 0.889 bits per heavy atom. The van der Waals surface area contributed by atoms with Crippen LogP contribution in [0, 0.1) is 12.3 Å². The highest BCUT2D eigenvalue weighted by Gasteiger charge is 1.94. The van der Waals surface area contributed by atoms with E-state index < -0.39 is 0 Å². The summed E-state index contributed by atoms with van der Waals surface area (Å²) in [7, 11) is 0. The molecule has 0 aliphatic carbocycles. The molecule has 0 aliphatic heterocycles. The van der Waals surface area contributed by atoms with Crippen LogP contribution in [-0.4, -0.2) is 58.9 Å². The molecule has 0 radical (unpaired) electrons. The number of hydrogen-bond acceptors (Lipinski definition) is 5. The summed E-state index contributed by atoms with van der Waals surface area (Å²) in [5.74, 6) is 2.39. The van der Waals surface area contributed by atoms with Crippen LogP contribution in [0.2, 0.25) is 0 Å². The Morgan fingerprint density at radius 3 is 1.78 bits per heavy atom. The van der Waals surface area contributed by atoms with E-state index in [2.05, 4.69) is 5.92 Å². The summed E-state index contributed by atoms with van der Waals surface area (Å²) < 4.78 is 21.0. The van der Waals surface area contributed by atoms with Crippen LogP contribution in [0.1, 0.15) is 13.3 Å². The fourth-order valence-corrected chi connectivity index (χ4v) is 1.06. The van der Waals surface area contributed by atoms with Gasteiger partial charge in [-0.3, -0.25) is 0 Å². The zero-order valence-corrected chi connectivity index (χ0v) is 11.2. The zero-order chi connectivity index (χ0) is 13.5. The summed E-state index contributed by atoms with van der Waals surface area (Å²) in [6.07, 6.45) is 5.90. The van der Waals surface area contributed by atoms with Crippen molar-refractivity contribution >= 4 is 0 Å². The summed E-state index contributed by atoms with van der Waals surface area (Å²) in [5, 5.41) is 0. The second-order valence-corrected chi connectivity index (χ2v) is 3.86. The third-order valence-electron chi connectivity index (χ3n) is 2.02. The van der Waals surface area contributed by atoms with Gasteiger partial charge in [-0.05, 0) is 13.3 Å². The maximum Gasteiger partial charge on any atom is 0.107 e. The molecule has 1 atom stereocenters. The van der Waals surface area contributed by atoms with Gasteiger partial charge in [0.25, 0.3) is 0 Å². The molecule has 0 saturated heterocycles. The summed E-state index contributed by atoms with van der Waals surface area (Å²) in [4.78, 5) is 0. The van der Waals surface area contributed by atoms with Crippen LogP contribution in [0.25, 0.3) is 0 Å². The van der Waals surface area contributed by atoms with Crippen molar-refractivity contribution < 1.29 is 18.9 Å². The van der Waals surface area contributed by atoms with Crippen molar-refractivity contribution in [2.45, 2.75) is 19.4 Å². The predicted molar refractivity (Wildman–Crippen MR) is 70.4 cm³/mol. The van der Waals surface area contributed by atoms with Crippen molar-refractivity contribution in [2.75, 3.05) is 52.9 Å².